The first-order valence-corrected chi connectivity index (χ1v) is 8.19. The molecule has 0 saturated heterocycles. The first kappa shape index (κ1) is 14.0. The van der Waals surface area contributed by atoms with Crippen LogP contribution in [-0.2, 0) is 16.0 Å². The van der Waals surface area contributed by atoms with Crippen LogP contribution in [0.1, 0.15) is 16.7 Å². The second kappa shape index (κ2) is 5.05. The number of aromatic amines is 1. The Morgan fingerprint density at radius 3 is 2.48 bits per heavy atom. The molecule has 1 aliphatic heterocycles. The van der Waals surface area contributed by atoms with E-state index >= 15 is 0 Å². The first-order chi connectivity index (χ1) is 12.2. The Hall–Kier alpha value is -3.40. The smallest absolute Gasteiger partial charge is 0.259 e. The molecule has 0 unspecified atom stereocenters. The fraction of sp³-hybridized carbons (Fsp3) is 0.0476. The van der Waals surface area contributed by atoms with Gasteiger partial charge in [-0.15, -0.1) is 0 Å². The molecule has 1 aromatic heterocycles. The van der Waals surface area contributed by atoms with Crippen molar-refractivity contribution < 1.29 is 9.59 Å². The Kier molecular flexibility index (Phi) is 2.82. The number of H-pyrrole nitrogens is 1. The van der Waals surface area contributed by atoms with Crippen LogP contribution >= 0.6 is 0 Å². The van der Waals surface area contributed by atoms with Gasteiger partial charge in [-0.2, -0.15) is 0 Å². The van der Waals surface area contributed by atoms with Crippen molar-refractivity contribution in [1.29, 1.82) is 0 Å². The molecule has 3 aromatic rings. The molecular formula is C21H14N2O2. The molecule has 0 atom stereocenters. The fourth-order valence-electron chi connectivity index (χ4n) is 3.77. The molecule has 0 spiro atoms. The lowest BCUT2D eigenvalue weighted by Crippen LogP contribution is -2.23. The van der Waals surface area contributed by atoms with Crippen LogP contribution in [0.5, 0.6) is 0 Å². The van der Waals surface area contributed by atoms with E-state index in [1.54, 1.807) is 6.20 Å². The van der Waals surface area contributed by atoms with Gasteiger partial charge in [-0.25, -0.2) is 0 Å². The SMILES string of the molecule is O=C1NC(=O)C(c2c[nH]c3ccccc23)=C1C1=CCc2ccccc21. The Bertz CT molecular complexity index is 1130. The summed E-state index contributed by atoms with van der Waals surface area (Å²) in [6, 6.07) is 15.8. The monoisotopic (exact) mass is 326 g/mol. The lowest BCUT2D eigenvalue weighted by Gasteiger charge is -2.07. The Morgan fingerprint density at radius 1 is 0.800 bits per heavy atom. The summed E-state index contributed by atoms with van der Waals surface area (Å²) in [6.45, 7) is 0. The van der Waals surface area contributed by atoms with Crippen LogP contribution in [0.3, 0.4) is 0 Å². The number of para-hydroxylation sites is 1. The average molecular weight is 326 g/mol. The largest absolute Gasteiger partial charge is 0.361 e. The Morgan fingerprint density at radius 2 is 1.56 bits per heavy atom. The minimum absolute atomic E-state index is 0.326. The topological polar surface area (TPSA) is 62.0 Å². The van der Waals surface area contributed by atoms with Gasteiger partial charge in [0.15, 0.2) is 0 Å². The lowest BCUT2D eigenvalue weighted by atomic mass is 9.93. The number of aromatic nitrogens is 1. The fourth-order valence-corrected chi connectivity index (χ4v) is 3.77. The van der Waals surface area contributed by atoms with Crippen molar-refractivity contribution >= 4 is 33.9 Å². The van der Waals surface area contributed by atoms with Crippen molar-refractivity contribution in [2.45, 2.75) is 6.42 Å². The highest BCUT2D eigenvalue weighted by atomic mass is 16.2. The van der Waals surface area contributed by atoms with Gasteiger partial charge in [0, 0.05) is 22.7 Å². The van der Waals surface area contributed by atoms with Crippen molar-refractivity contribution in [3.05, 3.63) is 83.1 Å². The molecule has 0 radical (unpaired) electrons. The van der Waals surface area contributed by atoms with Crippen LogP contribution in [0.4, 0.5) is 0 Å². The summed E-state index contributed by atoms with van der Waals surface area (Å²) in [6.07, 6.45) is 4.62. The summed E-state index contributed by atoms with van der Waals surface area (Å²) in [5.41, 5.74) is 5.68. The molecule has 4 heteroatoms. The number of hydrogen-bond donors (Lipinski definition) is 2. The summed E-state index contributed by atoms with van der Waals surface area (Å²) < 4.78 is 0. The second-order valence-corrected chi connectivity index (χ2v) is 6.26. The Balaban J connectivity index is 1.78. The third-order valence-electron chi connectivity index (χ3n) is 4.89. The molecular weight excluding hydrogens is 312 g/mol. The molecule has 4 nitrogen and oxygen atoms in total. The second-order valence-electron chi connectivity index (χ2n) is 6.26. The number of benzene rings is 2. The maximum Gasteiger partial charge on any atom is 0.259 e. The third-order valence-corrected chi connectivity index (χ3v) is 4.89. The molecule has 5 rings (SSSR count). The van der Waals surface area contributed by atoms with Gasteiger partial charge >= 0.3 is 0 Å². The van der Waals surface area contributed by atoms with Gasteiger partial charge in [0.2, 0.25) is 0 Å². The number of rotatable bonds is 2. The summed E-state index contributed by atoms with van der Waals surface area (Å²) in [7, 11) is 0. The molecule has 1 aliphatic carbocycles. The van der Waals surface area contributed by atoms with E-state index in [2.05, 4.69) is 16.4 Å². The zero-order chi connectivity index (χ0) is 17.0. The quantitative estimate of drug-likeness (QED) is 0.710. The molecule has 0 fully saturated rings. The zero-order valence-electron chi connectivity index (χ0n) is 13.3. The van der Waals surface area contributed by atoms with Crippen molar-refractivity contribution in [2.24, 2.45) is 0 Å². The maximum atomic E-state index is 12.6. The van der Waals surface area contributed by atoms with Crippen LogP contribution in [0, 0.1) is 0 Å². The number of nitrogens with one attached hydrogen (secondary N) is 2. The van der Waals surface area contributed by atoms with Gasteiger partial charge in [0.1, 0.15) is 0 Å². The predicted molar refractivity (Wildman–Crippen MR) is 96.5 cm³/mol. The molecule has 0 bridgehead atoms. The number of fused-ring (bicyclic) bond motifs is 2. The minimum Gasteiger partial charge on any atom is -0.361 e. The summed E-state index contributed by atoms with van der Waals surface area (Å²) >= 11 is 0. The summed E-state index contributed by atoms with van der Waals surface area (Å²) in [5, 5.41) is 3.41. The van der Waals surface area contributed by atoms with E-state index in [0.717, 1.165) is 34.0 Å². The summed E-state index contributed by atoms with van der Waals surface area (Å²) in [5.74, 6) is -0.664. The van der Waals surface area contributed by atoms with Gasteiger partial charge < -0.3 is 4.98 Å². The number of amides is 2. The molecule has 25 heavy (non-hydrogen) atoms. The van der Waals surface area contributed by atoms with E-state index in [-0.39, 0.29) is 11.8 Å². The van der Waals surface area contributed by atoms with E-state index in [1.165, 1.54) is 5.56 Å². The lowest BCUT2D eigenvalue weighted by molar-refractivity contribution is -0.123. The third kappa shape index (κ3) is 1.94. The van der Waals surface area contributed by atoms with Crippen molar-refractivity contribution in [2.75, 3.05) is 0 Å². The molecule has 0 saturated carbocycles. The molecule has 2 heterocycles. The number of imide groups is 1. The van der Waals surface area contributed by atoms with Gasteiger partial charge in [-0.3, -0.25) is 14.9 Å². The summed E-state index contributed by atoms with van der Waals surface area (Å²) in [4.78, 5) is 28.3. The molecule has 2 aromatic carbocycles. The van der Waals surface area contributed by atoms with Crippen LogP contribution in [-0.4, -0.2) is 16.8 Å². The van der Waals surface area contributed by atoms with Crippen molar-refractivity contribution in [1.82, 2.24) is 10.3 Å². The highest BCUT2D eigenvalue weighted by Crippen LogP contribution is 2.40. The van der Waals surface area contributed by atoms with Crippen molar-refractivity contribution in [3.63, 3.8) is 0 Å². The number of carbonyl (C=O) groups excluding carboxylic acids is 2. The average Bonchev–Trinajstić information content (AvgIpc) is 3.30. The Labute approximate surface area is 143 Å². The normalized spacial score (nSPS) is 16.4. The van der Waals surface area contributed by atoms with E-state index in [9.17, 15) is 9.59 Å². The van der Waals surface area contributed by atoms with Crippen LogP contribution in [0.25, 0.3) is 22.0 Å². The number of hydrogen-bond acceptors (Lipinski definition) is 2. The molecule has 120 valence electrons. The zero-order valence-corrected chi connectivity index (χ0v) is 13.3. The predicted octanol–water partition coefficient (Wildman–Crippen LogP) is 3.22. The van der Waals surface area contributed by atoms with Gasteiger partial charge in [-0.05, 0) is 29.2 Å². The minimum atomic E-state index is -0.338. The van der Waals surface area contributed by atoms with E-state index < -0.39 is 0 Å². The van der Waals surface area contributed by atoms with E-state index in [4.69, 9.17) is 0 Å². The maximum absolute atomic E-state index is 12.6. The number of carbonyl (C=O) groups is 2. The molecule has 2 amide bonds. The van der Waals surface area contributed by atoms with Gasteiger partial charge in [0.25, 0.3) is 11.8 Å². The van der Waals surface area contributed by atoms with Crippen molar-refractivity contribution in [3.8, 4) is 0 Å². The first-order valence-electron chi connectivity index (χ1n) is 8.19. The van der Waals surface area contributed by atoms with Gasteiger partial charge in [0.05, 0.1) is 11.1 Å². The highest BCUT2D eigenvalue weighted by molar-refractivity contribution is 6.41. The highest BCUT2D eigenvalue weighted by Gasteiger charge is 2.36. The van der Waals surface area contributed by atoms with E-state index in [0.29, 0.717) is 11.1 Å². The molecule has 2 N–H and O–H groups in total. The van der Waals surface area contributed by atoms with Crippen LogP contribution in [0.2, 0.25) is 0 Å². The van der Waals surface area contributed by atoms with Crippen LogP contribution < -0.4 is 5.32 Å². The number of allylic oxidation sites excluding steroid dienone is 1. The molecule has 2 aliphatic rings. The standard InChI is InChI=1S/C21H14N2O2/c24-20-18(15-10-9-12-5-1-2-6-13(12)15)19(21(25)23-20)16-11-22-17-8-4-3-7-14(16)17/h1-8,10-11,22H,9H2,(H,23,24,25). The van der Waals surface area contributed by atoms with E-state index in [1.807, 2.05) is 48.5 Å². The van der Waals surface area contributed by atoms with Gasteiger partial charge in [-0.1, -0.05) is 48.5 Å². The van der Waals surface area contributed by atoms with Crippen LogP contribution in [0.15, 0.2) is 66.4 Å².